The van der Waals surface area contributed by atoms with Crippen molar-refractivity contribution in [2.45, 2.75) is 32.0 Å². The molecule has 0 bridgehead atoms. The summed E-state index contributed by atoms with van der Waals surface area (Å²) >= 11 is 0. The molecule has 0 amide bonds. The molecule has 1 atom stereocenters. The van der Waals surface area contributed by atoms with Gasteiger partial charge in [-0.25, -0.2) is 4.98 Å². The van der Waals surface area contributed by atoms with E-state index in [1.165, 1.54) is 13.0 Å². The van der Waals surface area contributed by atoms with E-state index in [-0.39, 0.29) is 28.2 Å². The summed E-state index contributed by atoms with van der Waals surface area (Å²) in [5.41, 5.74) is 4.71. The highest BCUT2D eigenvalue weighted by Crippen LogP contribution is 2.44. The van der Waals surface area contributed by atoms with E-state index >= 15 is 0 Å². The van der Waals surface area contributed by atoms with Crippen molar-refractivity contribution in [3.63, 3.8) is 0 Å². The number of alkyl halides is 3. The molecule has 0 spiro atoms. The Hall–Kier alpha value is -1.89. The second kappa shape index (κ2) is 4.56. The van der Waals surface area contributed by atoms with Crippen LogP contribution in [0.15, 0.2) is 16.9 Å². The van der Waals surface area contributed by atoms with Crippen LogP contribution in [0.1, 0.15) is 35.8 Å². The van der Waals surface area contributed by atoms with Crippen molar-refractivity contribution in [3.8, 4) is 0 Å². The number of aromatic nitrogens is 2. The lowest BCUT2D eigenvalue weighted by Gasteiger charge is -2.18. The highest BCUT2D eigenvalue weighted by atomic mass is 19.4. The molecular formula is C14H14F3N3O. The Morgan fingerprint density at radius 3 is 2.62 bits per heavy atom. The van der Waals surface area contributed by atoms with Gasteiger partial charge in [-0.3, -0.25) is 4.79 Å². The van der Waals surface area contributed by atoms with Crippen molar-refractivity contribution in [1.82, 2.24) is 9.97 Å². The van der Waals surface area contributed by atoms with Crippen LogP contribution in [-0.4, -0.2) is 9.97 Å². The second-order valence-electron chi connectivity index (χ2n) is 5.47. The van der Waals surface area contributed by atoms with Crippen LogP contribution in [0, 0.1) is 12.8 Å². The molecule has 1 saturated carbocycles. The fourth-order valence-corrected chi connectivity index (χ4v) is 2.55. The Bertz CT molecular complexity index is 762. The summed E-state index contributed by atoms with van der Waals surface area (Å²) in [5, 5.41) is 0.139. The van der Waals surface area contributed by atoms with Crippen molar-refractivity contribution in [2.24, 2.45) is 11.7 Å². The third kappa shape index (κ3) is 2.53. The van der Waals surface area contributed by atoms with Crippen LogP contribution in [0.3, 0.4) is 0 Å². The number of nitrogens with zero attached hydrogens (tertiary/aromatic N) is 1. The van der Waals surface area contributed by atoms with Gasteiger partial charge in [0, 0.05) is 6.04 Å². The molecule has 3 N–H and O–H groups in total. The van der Waals surface area contributed by atoms with Gasteiger partial charge in [0.25, 0.3) is 5.56 Å². The van der Waals surface area contributed by atoms with Crippen LogP contribution < -0.4 is 11.3 Å². The fraction of sp³-hybridized carbons (Fsp3) is 0.429. The Balaban J connectivity index is 2.30. The average molecular weight is 297 g/mol. The Kier molecular flexibility index (Phi) is 3.05. The van der Waals surface area contributed by atoms with Gasteiger partial charge in [0.15, 0.2) is 0 Å². The van der Waals surface area contributed by atoms with Gasteiger partial charge in [-0.1, -0.05) is 0 Å². The Morgan fingerprint density at radius 1 is 1.38 bits per heavy atom. The van der Waals surface area contributed by atoms with Gasteiger partial charge in [0.05, 0.1) is 16.5 Å². The number of aryl methyl sites for hydroxylation is 1. The molecule has 112 valence electrons. The zero-order valence-electron chi connectivity index (χ0n) is 11.3. The monoisotopic (exact) mass is 297 g/mol. The van der Waals surface area contributed by atoms with Gasteiger partial charge in [-0.05, 0) is 43.4 Å². The van der Waals surface area contributed by atoms with Crippen molar-refractivity contribution in [2.75, 3.05) is 0 Å². The quantitative estimate of drug-likeness (QED) is 0.895. The summed E-state index contributed by atoms with van der Waals surface area (Å²) in [6.07, 6.45) is -2.88. The maximum Gasteiger partial charge on any atom is 0.416 e. The summed E-state index contributed by atoms with van der Waals surface area (Å²) in [6, 6.07) is 1.47. The maximum absolute atomic E-state index is 13.3. The number of halogens is 3. The predicted molar refractivity (Wildman–Crippen MR) is 71.8 cm³/mol. The molecule has 1 fully saturated rings. The van der Waals surface area contributed by atoms with Crippen molar-refractivity contribution in [3.05, 3.63) is 39.4 Å². The molecule has 21 heavy (non-hydrogen) atoms. The van der Waals surface area contributed by atoms with E-state index < -0.39 is 23.3 Å². The van der Waals surface area contributed by atoms with Crippen molar-refractivity contribution >= 4 is 10.9 Å². The van der Waals surface area contributed by atoms with Crippen LogP contribution >= 0.6 is 0 Å². The molecule has 1 aromatic heterocycles. The van der Waals surface area contributed by atoms with Crippen LogP contribution in [0.5, 0.6) is 0 Å². The molecule has 1 unspecified atom stereocenters. The smallest absolute Gasteiger partial charge is 0.324 e. The molecular weight excluding hydrogens is 283 g/mol. The third-order valence-electron chi connectivity index (χ3n) is 3.79. The molecule has 1 aliphatic carbocycles. The minimum atomic E-state index is -4.52. The number of fused-ring (bicyclic) bond motifs is 1. The van der Waals surface area contributed by atoms with Gasteiger partial charge >= 0.3 is 6.18 Å². The van der Waals surface area contributed by atoms with Crippen LogP contribution in [0.2, 0.25) is 0 Å². The first-order chi connectivity index (χ1) is 9.77. The molecule has 1 aromatic carbocycles. The highest BCUT2D eigenvalue weighted by Gasteiger charge is 2.39. The number of hydrogen-bond acceptors (Lipinski definition) is 3. The Morgan fingerprint density at radius 2 is 2.05 bits per heavy atom. The van der Waals surface area contributed by atoms with Crippen LogP contribution in [-0.2, 0) is 6.18 Å². The topological polar surface area (TPSA) is 71.8 Å². The van der Waals surface area contributed by atoms with E-state index in [2.05, 4.69) is 9.97 Å². The SMILES string of the molecule is Cc1nc2cc(C(F)(F)F)c(C(N)C3CC3)cc2c(=O)[nH]1. The van der Waals surface area contributed by atoms with E-state index in [0.717, 1.165) is 18.9 Å². The fourth-order valence-electron chi connectivity index (χ4n) is 2.55. The molecule has 1 aliphatic rings. The number of hydrogen-bond donors (Lipinski definition) is 2. The zero-order chi connectivity index (χ0) is 15.4. The molecule has 0 aliphatic heterocycles. The second-order valence-corrected chi connectivity index (χ2v) is 5.47. The summed E-state index contributed by atoms with van der Waals surface area (Å²) in [6.45, 7) is 1.53. The highest BCUT2D eigenvalue weighted by molar-refractivity contribution is 5.80. The van der Waals surface area contributed by atoms with Gasteiger partial charge in [-0.15, -0.1) is 0 Å². The molecule has 1 heterocycles. The molecule has 4 nitrogen and oxygen atoms in total. The summed E-state index contributed by atoms with van der Waals surface area (Å²) in [5.74, 6) is 0.334. The van der Waals surface area contributed by atoms with Gasteiger partial charge in [0.2, 0.25) is 0 Å². The first kappa shape index (κ1) is 14.1. The first-order valence-corrected chi connectivity index (χ1v) is 6.64. The molecule has 2 aromatic rings. The lowest BCUT2D eigenvalue weighted by atomic mass is 9.95. The minimum absolute atomic E-state index is 0.0198. The molecule has 0 radical (unpaired) electrons. The number of aromatic amines is 1. The lowest BCUT2D eigenvalue weighted by molar-refractivity contribution is -0.138. The van der Waals surface area contributed by atoms with Crippen LogP contribution in [0.4, 0.5) is 13.2 Å². The standard InChI is InChI=1S/C14H14F3N3O/c1-6-19-11-5-10(14(15,16)17)8(12(18)7-2-3-7)4-9(11)13(21)20-6/h4-5,7,12H,2-3,18H2,1H3,(H,19,20,21). The molecule has 0 saturated heterocycles. The first-order valence-electron chi connectivity index (χ1n) is 6.64. The summed E-state index contributed by atoms with van der Waals surface area (Å²) in [4.78, 5) is 18.4. The van der Waals surface area contributed by atoms with E-state index in [1.807, 2.05) is 0 Å². The average Bonchev–Trinajstić information content (AvgIpc) is 3.19. The number of nitrogens with one attached hydrogen (secondary N) is 1. The van der Waals surface area contributed by atoms with Crippen LogP contribution in [0.25, 0.3) is 10.9 Å². The summed E-state index contributed by atoms with van der Waals surface area (Å²) < 4.78 is 39.8. The van der Waals surface area contributed by atoms with E-state index in [0.29, 0.717) is 0 Å². The normalized spacial score (nSPS) is 17.2. The van der Waals surface area contributed by atoms with Crippen molar-refractivity contribution < 1.29 is 13.2 Å². The number of H-pyrrole nitrogens is 1. The number of nitrogens with two attached hydrogens (primary N) is 1. The largest absolute Gasteiger partial charge is 0.416 e. The van der Waals surface area contributed by atoms with E-state index in [1.54, 1.807) is 0 Å². The zero-order valence-corrected chi connectivity index (χ0v) is 11.3. The Labute approximate surface area is 118 Å². The predicted octanol–water partition coefficient (Wildman–Crippen LogP) is 2.66. The lowest BCUT2D eigenvalue weighted by Crippen LogP contribution is -2.20. The van der Waals surface area contributed by atoms with Gasteiger partial charge in [-0.2, -0.15) is 13.2 Å². The number of benzene rings is 1. The number of rotatable bonds is 2. The summed E-state index contributed by atoms with van der Waals surface area (Å²) in [7, 11) is 0. The molecule has 3 rings (SSSR count). The van der Waals surface area contributed by atoms with E-state index in [9.17, 15) is 18.0 Å². The molecule has 7 heteroatoms. The van der Waals surface area contributed by atoms with Crippen molar-refractivity contribution in [1.29, 1.82) is 0 Å². The third-order valence-corrected chi connectivity index (χ3v) is 3.79. The maximum atomic E-state index is 13.3. The van der Waals surface area contributed by atoms with E-state index in [4.69, 9.17) is 5.73 Å². The minimum Gasteiger partial charge on any atom is -0.324 e. The van der Waals surface area contributed by atoms with Gasteiger partial charge in [0.1, 0.15) is 5.82 Å². The van der Waals surface area contributed by atoms with Gasteiger partial charge < -0.3 is 10.7 Å².